The van der Waals surface area contributed by atoms with Crippen molar-refractivity contribution < 1.29 is 19.5 Å². The zero-order chi connectivity index (χ0) is 41.2. The standard InChI is InChI=1S/2C26H26N3.Zn/c2*1-17-9-8-10-18(2)23(17)24-21-12-7-6-11-19(21)16-28-25(24)29-22-15-20(13-14-27-22)26(3,4)5;/h2*6-16H,1-5H3;/q2*-1;+2. The van der Waals surface area contributed by atoms with Gasteiger partial charge in [-0.15, -0.1) is 0 Å². The van der Waals surface area contributed by atoms with Crippen LogP contribution in [0.4, 0.5) is 11.6 Å². The average Bonchev–Trinajstić information content (AvgIpc) is 3.19. The van der Waals surface area contributed by atoms with Gasteiger partial charge in [0, 0.05) is 34.3 Å². The Bertz CT molecular complexity index is 2680. The van der Waals surface area contributed by atoms with Gasteiger partial charge >= 0.3 is 19.5 Å². The molecule has 0 saturated heterocycles. The normalized spacial score (nSPS) is 12.3. The number of hydrogen-bond donors (Lipinski definition) is 0. The Balaban J connectivity index is 0.000000195. The van der Waals surface area contributed by atoms with E-state index in [9.17, 15) is 0 Å². The molecule has 0 fully saturated rings. The second kappa shape index (κ2) is 17.6. The summed E-state index contributed by atoms with van der Waals surface area (Å²) in [4.78, 5) is 28.3. The minimum absolute atomic E-state index is 0. The molecule has 0 atom stereocenters. The molecule has 0 aliphatic rings. The van der Waals surface area contributed by atoms with Crippen molar-refractivity contribution in [3.8, 4) is 22.3 Å². The number of hydrogen-bond acceptors (Lipinski definition) is 4. The summed E-state index contributed by atoms with van der Waals surface area (Å²) in [5, 5.41) is 4.54. The van der Waals surface area contributed by atoms with Crippen LogP contribution in [0.2, 0.25) is 0 Å². The molecule has 0 unspecified atom stereocenters. The van der Waals surface area contributed by atoms with Gasteiger partial charge < -0.3 is 20.0 Å². The third-order valence-electron chi connectivity index (χ3n) is 10.7. The van der Waals surface area contributed by atoms with Crippen LogP contribution in [0.25, 0.3) is 43.8 Å². The monoisotopic (exact) mass is 824 g/mol. The molecular weight excluding hydrogens is 774 g/mol. The molecule has 0 amide bonds. The summed E-state index contributed by atoms with van der Waals surface area (Å²) in [6.45, 7) is 21.8. The van der Waals surface area contributed by atoms with Crippen molar-refractivity contribution in [1.29, 1.82) is 0 Å². The molecule has 0 saturated carbocycles. The molecule has 4 aromatic carbocycles. The average molecular weight is 826 g/mol. The van der Waals surface area contributed by atoms with Crippen molar-refractivity contribution >= 4 is 33.2 Å². The van der Waals surface area contributed by atoms with Gasteiger partial charge in [0.25, 0.3) is 0 Å². The van der Waals surface area contributed by atoms with Crippen molar-refractivity contribution in [3.63, 3.8) is 0 Å². The number of benzene rings is 4. The van der Waals surface area contributed by atoms with Crippen molar-refractivity contribution in [1.82, 2.24) is 19.9 Å². The fourth-order valence-corrected chi connectivity index (χ4v) is 7.50. The van der Waals surface area contributed by atoms with Crippen LogP contribution in [-0.2, 0) is 30.3 Å². The fourth-order valence-electron chi connectivity index (χ4n) is 7.50. The van der Waals surface area contributed by atoms with E-state index in [1.54, 1.807) is 0 Å². The topological polar surface area (TPSA) is 78.7 Å². The zero-order valence-corrected chi connectivity index (χ0v) is 39.1. The Labute approximate surface area is 361 Å². The number of aryl methyl sites for hydroxylation is 4. The molecule has 4 heterocycles. The predicted octanol–water partition coefficient (Wildman–Crippen LogP) is 12.0. The molecule has 0 bridgehead atoms. The predicted molar refractivity (Wildman–Crippen MR) is 241 cm³/mol. The minimum atomic E-state index is 0. The summed E-state index contributed by atoms with van der Waals surface area (Å²) in [6, 6.07) is 37.7. The molecule has 59 heavy (non-hydrogen) atoms. The molecule has 0 N–H and O–H groups in total. The summed E-state index contributed by atoms with van der Waals surface area (Å²) in [6.07, 6.45) is 7.47. The zero-order valence-electron chi connectivity index (χ0n) is 36.1. The van der Waals surface area contributed by atoms with Gasteiger partial charge in [-0.2, -0.15) is 0 Å². The van der Waals surface area contributed by atoms with Crippen molar-refractivity contribution in [3.05, 3.63) is 178 Å². The molecule has 7 heteroatoms. The van der Waals surface area contributed by atoms with Crippen LogP contribution in [0.5, 0.6) is 0 Å². The van der Waals surface area contributed by atoms with E-state index in [0.29, 0.717) is 22.6 Å². The fraction of sp³-hybridized carbons (Fsp3) is 0.231. The van der Waals surface area contributed by atoms with E-state index in [4.69, 9.17) is 20.0 Å². The Morgan fingerprint density at radius 3 is 1.15 bits per heavy atom. The smallest absolute Gasteiger partial charge is 0.443 e. The number of fused-ring (bicyclic) bond motifs is 2. The summed E-state index contributed by atoms with van der Waals surface area (Å²) in [5.74, 6) is 1.42. The van der Waals surface area contributed by atoms with Gasteiger partial charge in [-0.25, -0.2) is 0 Å². The first-order valence-electron chi connectivity index (χ1n) is 19.9. The van der Waals surface area contributed by atoms with E-state index >= 15 is 0 Å². The Morgan fingerprint density at radius 2 is 0.797 bits per heavy atom. The van der Waals surface area contributed by atoms with Gasteiger partial charge in [0.15, 0.2) is 0 Å². The number of pyridine rings is 4. The van der Waals surface area contributed by atoms with E-state index in [2.05, 4.69) is 176 Å². The van der Waals surface area contributed by atoms with E-state index in [0.717, 1.165) is 32.7 Å². The van der Waals surface area contributed by atoms with Crippen LogP contribution in [0.3, 0.4) is 0 Å². The molecule has 6 nitrogen and oxygen atoms in total. The Kier molecular flexibility index (Phi) is 12.8. The quantitative estimate of drug-likeness (QED) is 0.166. The molecule has 0 aliphatic carbocycles. The van der Waals surface area contributed by atoms with E-state index in [1.807, 2.05) is 36.9 Å². The first kappa shape index (κ1) is 42.8. The van der Waals surface area contributed by atoms with Gasteiger partial charge in [-0.05, 0) is 93.8 Å². The van der Waals surface area contributed by atoms with Crippen molar-refractivity contribution in [2.45, 2.75) is 80.1 Å². The summed E-state index contributed by atoms with van der Waals surface area (Å²) >= 11 is 0. The van der Waals surface area contributed by atoms with Crippen LogP contribution in [0.1, 0.15) is 74.9 Å². The van der Waals surface area contributed by atoms with E-state index in [1.165, 1.54) is 44.5 Å². The second-order valence-corrected chi connectivity index (χ2v) is 17.2. The van der Waals surface area contributed by atoms with Crippen molar-refractivity contribution in [2.24, 2.45) is 9.98 Å². The van der Waals surface area contributed by atoms with Crippen LogP contribution in [0.15, 0.2) is 144 Å². The summed E-state index contributed by atoms with van der Waals surface area (Å²) in [5.41, 5.74) is 13.3. The van der Waals surface area contributed by atoms with Crippen LogP contribution in [0, 0.1) is 27.7 Å². The van der Waals surface area contributed by atoms with Gasteiger partial charge in [0.2, 0.25) is 0 Å². The molecule has 0 radical (unpaired) electrons. The maximum atomic E-state index is 4.90. The van der Waals surface area contributed by atoms with Crippen molar-refractivity contribution in [2.75, 3.05) is 0 Å². The second-order valence-electron chi connectivity index (χ2n) is 17.2. The Hall–Kier alpha value is -5.78. The van der Waals surface area contributed by atoms with E-state index in [-0.39, 0.29) is 30.3 Å². The first-order chi connectivity index (χ1) is 27.7. The van der Waals surface area contributed by atoms with Gasteiger partial charge in [-0.1, -0.05) is 174 Å². The molecule has 4 aromatic heterocycles. The molecule has 0 aliphatic heterocycles. The number of aromatic nitrogens is 4. The van der Waals surface area contributed by atoms with Crippen LogP contribution < -0.4 is 20.9 Å². The van der Waals surface area contributed by atoms with Gasteiger partial charge in [-0.3, -0.25) is 9.97 Å². The maximum absolute atomic E-state index is 4.90. The van der Waals surface area contributed by atoms with Crippen LogP contribution in [-0.4, -0.2) is 9.97 Å². The third kappa shape index (κ3) is 9.42. The first-order valence-corrected chi connectivity index (χ1v) is 19.9. The van der Waals surface area contributed by atoms with Gasteiger partial charge in [0.1, 0.15) is 0 Å². The molecular formula is C52H52N6Zn. The molecule has 8 rings (SSSR count). The maximum Gasteiger partial charge on any atom is 2.00 e. The number of rotatable bonds is 4. The molecule has 0 spiro atoms. The molecule has 292 valence electrons. The third-order valence-corrected chi connectivity index (χ3v) is 10.7. The largest absolute Gasteiger partial charge is 2.00 e. The SMILES string of the molecule is Cc1cccc(C)c1-c1c(/N=c2/cc(C(C)(C)C)cc[n-]2)ncc2ccccc12.Cc1cccc(C)c1-c1c(/N=c2/cc(C(C)(C)C)cc[n-]2)ncc2ccccc12.[Zn+2]. The minimum Gasteiger partial charge on any atom is -0.443 e. The molecule has 8 aromatic rings. The summed E-state index contributed by atoms with van der Waals surface area (Å²) < 4.78 is 0. The van der Waals surface area contributed by atoms with Gasteiger partial charge in [0.05, 0.1) is 11.6 Å². The van der Waals surface area contributed by atoms with Crippen LogP contribution >= 0.6 is 0 Å². The summed E-state index contributed by atoms with van der Waals surface area (Å²) in [7, 11) is 0. The number of nitrogens with zero attached hydrogens (tertiary/aromatic N) is 6. The Morgan fingerprint density at radius 1 is 0.441 bits per heavy atom. The van der Waals surface area contributed by atoms with E-state index < -0.39 is 0 Å².